The summed E-state index contributed by atoms with van der Waals surface area (Å²) >= 11 is 0. The van der Waals surface area contributed by atoms with E-state index in [4.69, 9.17) is 5.73 Å². The number of hydrogen-bond acceptors (Lipinski definition) is 2. The summed E-state index contributed by atoms with van der Waals surface area (Å²) in [6.45, 7) is 3.80. The third kappa shape index (κ3) is 1.53. The molecule has 0 aromatic heterocycles. The average Bonchev–Trinajstić information content (AvgIpc) is 2.34. The second-order valence-corrected chi connectivity index (χ2v) is 4.81. The molecule has 2 aliphatic rings. The van der Waals surface area contributed by atoms with Gasteiger partial charge < -0.3 is 10.6 Å². The molecule has 0 spiro atoms. The summed E-state index contributed by atoms with van der Waals surface area (Å²) in [4.78, 5) is 2.52. The van der Waals surface area contributed by atoms with Crippen molar-refractivity contribution >= 4 is 0 Å². The van der Waals surface area contributed by atoms with Crippen LogP contribution in [0.25, 0.3) is 0 Å². The van der Waals surface area contributed by atoms with Gasteiger partial charge in [-0.1, -0.05) is 6.08 Å². The molecule has 0 radical (unpaired) electrons. The standard InChI is InChI=1S/C11H20N2/c1-3-6-11(12)7-9-4-5-10(8-11)13(9)2/h3,9-10H,1,4-8,12H2,2H3. The molecule has 2 rings (SSSR count). The summed E-state index contributed by atoms with van der Waals surface area (Å²) in [5.41, 5.74) is 6.41. The Morgan fingerprint density at radius 2 is 2.00 bits per heavy atom. The van der Waals surface area contributed by atoms with Gasteiger partial charge in [0.15, 0.2) is 0 Å². The fourth-order valence-corrected chi connectivity index (χ4v) is 3.06. The van der Waals surface area contributed by atoms with Crippen LogP contribution < -0.4 is 5.73 Å². The molecular weight excluding hydrogens is 160 g/mol. The smallest absolute Gasteiger partial charge is 0.0218 e. The van der Waals surface area contributed by atoms with Crippen molar-refractivity contribution in [3.05, 3.63) is 12.7 Å². The van der Waals surface area contributed by atoms with E-state index in [0.717, 1.165) is 31.3 Å². The Hall–Kier alpha value is -0.340. The predicted molar refractivity (Wildman–Crippen MR) is 55.5 cm³/mol. The zero-order chi connectivity index (χ0) is 9.47. The predicted octanol–water partition coefficient (Wildman–Crippen LogP) is 1.52. The molecular formula is C11H20N2. The molecule has 2 nitrogen and oxygen atoms in total. The zero-order valence-electron chi connectivity index (χ0n) is 8.50. The van der Waals surface area contributed by atoms with E-state index in [-0.39, 0.29) is 5.54 Å². The van der Waals surface area contributed by atoms with Gasteiger partial charge in [-0.25, -0.2) is 0 Å². The van der Waals surface area contributed by atoms with Crippen LogP contribution in [0.15, 0.2) is 12.7 Å². The molecule has 2 fully saturated rings. The van der Waals surface area contributed by atoms with E-state index in [2.05, 4.69) is 18.5 Å². The van der Waals surface area contributed by atoms with E-state index in [0.29, 0.717) is 0 Å². The summed E-state index contributed by atoms with van der Waals surface area (Å²) in [6.07, 6.45) is 7.96. The Balaban J connectivity index is 2.09. The summed E-state index contributed by atoms with van der Waals surface area (Å²) in [7, 11) is 2.25. The largest absolute Gasteiger partial charge is 0.325 e. The zero-order valence-corrected chi connectivity index (χ0v) is 8.50. The Morgan fingerprint density at radius 3 is 2.46 bits per heavy atom. The highest BCUT2D eigenvalue weighted by molar-refractivity contribution is 5.05. The van der Waals surface area contributed by atoms with E-state index < -0.39 is 0 Å². The van der Waals surface area contributed by atoms with Crippen LogP contribution in [0, 0.1) is 0 Å². The Labute approximate surface area is 80.8 Å². The van der Waals surface area contributed by atoms with Crippen molar-refractivity contribution in [1.82, 2.24) is 4.90 Å². The van der Waals surface area contributed by atoms with Crippen LogP contribution in [0.3, 0.4) is 0 Å². The van der Waals surface area contributed by atoms with Crippen molar-refractivity contribution in [2.75, 3.05) is 7.05 Å². The minimum absolute atomic E-state index is 0.0556. The Bertz CT molecular complexity index is 198. The summed E-state index contributed by atoms with van der Waals surface area (Å²) in [6, 6.07) is 1.48. The van der Waals surface area contributed by atoms with Crippen molar-refractivity contribution in [2.24, 2.45) is 5.73 Å². The number of fused-ring (bicyclic) bond motifs is 2. The van der Waals surface area contributed by atoms with Crippen molar-refractivity contribution in [3.8, 4) is 0 Å². The highest BCUT2D eigenvalue weighted by Gasteiger charge is 2.43. The van der Waals surface area contributed by atoms with Gasteiger partial charge in [0, 0.05) is 17.6 Å². The maximum Gasteiger partial charge on any atom is 0.0218 e. The molecule has 74 valence electrons. The van der Waals surface area contributed by atoms with Crippen molar-refractivity contribution in [3.63, 3.8) is 0 Å². The van der Waals surface area contributed by atoms with Gasteiger partial charge in [-0.2, -0.15) is 0 Å². The number of hydrogen-bond donors (Lipinski definition) is 1. The quantitative estimate of drug-likeness (QED) is 0.653. The first kappa shape index (κ1) is 9.22. The number of nitrogens with zero attached hydrogens (tertiary/aromatic N) is 1. The third-order valence-electron chi connectivity index (χ3n) is 3.82. The normalized spacial score (nSPS) is 45.1. The minimum Gasteiger partial charge on any atom is -0.325 e. The monoisotopic (exact) mass is 180 g/mol. The summed E-state index contributed by atoms with van der Waals surface area (Å²) in [5.74, 6) is 0. The molecule has 2 aliphatic heterocycles. The molecule has 2 N–H and O–H groups in total. The van der Waals surface area contributed by atoms with E-state index in [9.17, 15) is 0 Å². The van der Waals surface area contributed by atoms with Crippen molar-refractivity contribution < 1.29 is 0 Å². The Kier molecular flexibility index (Phi) is 2.20. The molecule has 0 amide bonds. The van der Waals surface area contributed by atoms with Gasteiger partial charge in [-0.15, -0.1) is 6.58 Å². The molecule has 2 bridgehead atoms. The van der Waals surface area contributed by atoms with Gasteiger partial charge in [0.2, 0.25) is 0 Å². The Morgan fingerprint density at radius 1 is 1.46 bits per heavy atom. The summed E-state index contributed by atoms with van der Waals surface area (Å²) < 4.78 is 0. The molecule has 2 heteroatoms. The van der Waals surface area contributed by atoms with Crippen LogP contribution in [0.5, 0.6) is 0 Å². The van der Waals surface area contributed by atoms with Gasteiger partial charge in [0.1, 0.15) is 0 Å². The van der Waals surface area contributed by atoms with Crippen LogP contribution in [0.1, 0.15) is 32.1 Å². The molecule has 2 atom stereocenters. The van der Waals surface area contributed by atoms with Crippen LogP contribution in [0.2, 0.25) is 0 Å². The number of nitrogens with two attached hydrogens (primary N) is 1. The molecule has 0 aliphatic carbocycles. The maximum atomic E-state index is 6.35. The lowest BCUT2D eigenvalue weighted by molar-refractivity contribution is 0.115. The molecule has 0 saturated carbocycles. The van der Waals surface area contributed by atoms with Gasteiger partial charge in [0.05, 0.1) is 0 Å². The minimum atomic E-state index is 0.0556. The van der Waals surface area contributed by atoms with E-state index in [1.165, 1.54) is 12.8 Å². The van der Waals surface area contributed by atoms with E-state index >= 15 is 0 Å². The highest BCUT2D eigenvalue weighted by atomic mass is 15.2. The first-order chi connectivity index (χ1) is 6.14. The second-order valence-electron chi connectivity index (χ2n) is 4.81. The topological polar surface area (TPSA) is 29.3 Å². The summed E-state index contributed by atoms with van der Waals surface area (Å²) in [5, 5.41) is 0. The van der Waals surface area contributed by atoms with Crippen LogP contribution in [-0.2, 0) is 0 Å². The molecule has 2 saturated heterocycles. The van der Waals surface area contributed by atoms with Crippen LogP contribution in [0.4, 0.5) is 0 Å². The van der Waals surface area contributed by atoms with Gasteiger partial charge in [0.25, 0.3) is 0 Å². The molecule has 0 aromatic carbocycles. The van der Waals surface area contributed by atoms with Crippen LogP contribution in [-0.4, -0.2) is 29.6 Å². The van der Waals surface area contributed by atoms with Crippen molar-refractivity contribution in [2.45, 2.75) is 49.7 Å². The van der Waals surface area contributed by atoms with Crippen LogP contribution >= 0.6 is 0 Å². The number of rotatable bonds is 2. The molecule has 13 heavy (non-hydrogen) atoms. The second kappa shape index (κ2) is 3.10. The van der Waals surface area contributed by atoms with Gasteiger partial charge in [-0.05, 0) is 39.2 Å². The highest BCUT2D eigenvalue weighted by Crippen LogP contribution is 2.39. The van der Waals surface area contributed by atoms with Gasteiger partial charge in [-0.3, -0.25) is 0 Å². The first-order valence-electron chi connectivity index (χ1n) is 5.26. The molecule has 2 heterocycles. The maximum absolute atomic E-state index is 6.35. The first-order valence-corrected chi connectivity index (χ1v) is 5.26. The lowest BCUT2D eigenvalue weighted by Crippen LogP contribution is -2.54. The fourth-order valence-electron chi connectivity index (χ4n) is 3.06. The van der Waals surface area contributed by atoms with Crippen molar-refractivity contribution in [1.29, 1.82) is 0 Å². The third-order valence-corrected chi connectivity index (χ3v) is 3.82. The molecule has 2 unspecified atom stereocenters. The molecule has 0 aromatic rings. The average molecular weight is 180 g/mol. The SMILES string of the molecule is C=CCC1(N)CC2CCC(C1)N2C. The van der Waals surface area contributed by atoms with E-state index in [1.807, 2.05) is 6.08 Å². The lowest BCUT2D eigenvalue weighted by Gasteiger charge is -2.42. The lowest BCUT2D eigenvalue weighted by atomic mass is 9.81. The fraction of sp³-hybridized carbons (Fsp3) is 0.818. The van der Waals surface area contributed by atoms with Gasteiger partial charge >= 0.3 is 0 Å². The van der Waals surface area contributed by atoms with E-state index in [1.54, 1.807) is 0 Å². The number of piperidine rings is 1.